The van der Waals surface area contributed by atoms with Crippen molar-refractivity contribution in [3.05, 3.63) is 146 Å². The Bertz CT molecular complexity index is 2470. The van der Waals surface area contributed by atoms with Crippen molar-refractivity contribution in [2.75, 3.05) is 4.90 Å². The summed E-state index contributed by atoms with van der Waals surface area (Å²) in [6, 6.07) is 11.7. The van der Waals surface area contributed by atoms with E-state index in [1.54, 1.807) is 12.2 Å². The van der Waals surface area contributed by atoms with E-state index >= 15 is 0 Å². The van der Waals surface area contributed by atoms with Gasteiger partial charge in [-0.2, -0.15) is 0 Å². The van der Waals surface area contributed by atoms with Gasteiger partial charge in [0.15, 0.2) is 0 Å². The second kappa shape index (κ2) is 11.3. The van der Waals surface area contributed by atoms with E-state index in [9.17, 15) is 19.2 Å². The fourth-order valence-electron chi connectivity index (χ4n) is 10.2. The third-order valence-electron chi connectivity index (χ3n) is 12.7. The highest BCUT2D eigenvalue weighted by Crippen LogP contribution is 2.60. The van der Waals surface area contributed by atoms with E-state index in [1.165, 1.54) is 10.5 Å². The van der Waals surface area contributed by atoms with Crippen LogP contribution in [0.3, 0.4) is 0 Å². The van der Waals surface area contributed by atoms with E-state index in [0.717, 1.165) is 74.0 Å². The molecule has 0 radical (unpaired) electrons. The van der Waals surface area contributed by atoms with Crippen LogP contribution in [0.15, 0.2) is 62.7 Å². The minimum Gasteiger partial charge on any atom is -0.288 e. The molecular formula is C48H44N2O4. The van der Waals surface area contributed by atoms with Crippen LogP contribution in [-0.4, -0.2) is 23.6 Å². The lowest BCUT2D eigenvalue weighted by Gasteiger charge is -2.53. The van der Waals surface area contributed by atoms with Gasteiger partial charge in [-0.15, -0.1) is 0 Å². The van der Waals surface area contributed by atoms with Crippen LogP contribution in [0.4, 0.5) is 5.69 Å². The smallest absolute Gasteiger partial charge is 0.266 e. The molecule has 2 unspecified atom stereocenters. The molecule has 6 heteroatoms. The van der Waals surface area contributed by atoms with Crippen LogP contribution in [0.5, 0.6) is 0 Å². The van der Waals surface area contributed by atoms with Gasteiger partial charge in [-0.3, -0.25) is 24.5 Å². The number of carbonyl (C=O) groups is 4. The second-order valence-electron chi connectivity index (χ2n) is 16.7. The van der Waals surface area contributed by atoms with E-state index in [1.807, 2.05) is 49.4 Å². The van der Waals surface area contributed by atoms with Crippen LogP contribution in [0.1, 0.15) is 150 Å². The Morgan fingerprint density at radius 2 is 0.963 bits per heavy atom. The fourth-order valence-corrected chi connectivity index (χ4v) is 10.2. The van der Waals surface area contributed by atoms with Crippen molar-refractivity contribution in [1.82, 2.24) is 5.32 Å². The number of nitrogens with one attached hydrogen (secondary N) is 1. The topological polar surface area (TPSA) is 83.6 Å². The third kappa shape index (κ3) is 4.34. The first-order valence-corrected chi connectivity index (χ1v) is 18.4. The number of hydrogen-bond acceptors (Lipinski definition) is 4. The Balaban J connectivity index is 1.30. The maximum Gasteiger partial charge on any atom is 0.266 e. The molecule has 4 aromatic rings. The molecule has 2 heterocycles. The number of benzene rings is 4. The molecule has 270 valence electrons. The number of carbonyl (C=O) groups excluding carboxylic acids is 4. The number of aryl methyl sites for hydroxylation is 2. The van der Waals surface area contributed by atoms with E-state index < -0.39 is 34.5 Å². The SMILES string of the molecule is C=Cc1c(-c2cc(C)c(C(C)(C)C)c(C=C)c2C=C)cc(C)c(N2C(=O)c3cc4c(cc3C2=O)C2(C)CCC4(C)c3cc4c(cc32)C(=O)NC4=O)c1C=C. The Kier molecular flexibility index (Phi) is 7.37. The van der Waals surface area contributed by atoms with Gasteiger partial charge in [0.25, 0.3) is 23.6 Å². The number of amides is 4. The minimum absolute atomic E-state index is 0.130. The van der Waals surface area contributed by atoms with Gasteiger partial charge in [-0.1, -0.05) is 91.3 Å². The molecule has 5 aliphatic rings. The van der Waals surface area contributed by atoms with E-state index in [-0.39, 0.29) is 5.41 Å². The normalized spacial score (nSPS) is 20.7. The van der Waals surface area contributed by atoms with Gasteiger partial charge in [0.2, 0.25) is 0 Å². The van der Waals surface area contributed by atoms with Crippen LogP contribution in [-0.2, 0) is 16.2 Å². The summed E-state index contributed by atoms with van der Waals surface area (Å²) in [5.41, 5.74) is 12.9. The molecule has 0 fully saturated rings. The van der Waals surface area contributed by atoms with Gasteiger partial charge >= 0.3 is 0 Å². The summed E-state index contributed by atoms with van der Waals surface area (Å²) in [6.45, 7) is 31.6. The molecule has 0 saturated heterocycles. The van der Waals surface area contributed by atoms with Gasteiger partial charge in [0, 0.05) is 16.4 Å². The van der Waals surface area contributed by atoms with Crippen LogP contribution >= 0.6 is 0 Å². The number of rotatable bonds is 6. The number of nitrogens with zero attached hydrogens (tertiary/aromatic N) is 1. The van der Waals surface area contributed by atoms with Crippen molar-refractivity contribution in [2.24, 2.45) is 0 Å². The summed E-state index contributed by atoms with van der Waals surface area (Å²) in [7, 11) is 0. The molecule has 2 atom stereocenters. The molecule has 1 N–H and O–H groups in total. The number of fused-ring (bicyclic) bond motifs is 3. The molecule has 0 saturated carbocycles. The highest BCUT2D eigenvalue weighted by Gasteiger charge is 2.54. The predicted molar refractivity (Wildman–Crippen MR) is 218 cm³/mol. The van der Waals surface area contributed by atoms with Gasteiger partial charge < -0.3 is 0 Å². The average molecular weight is 713 g/mol. The fraction of sp³-hybridized carbons (Fsp3) is 0.250. The van der Waals surface area contributed by atoms with Gasteiger partial charge in [0.1, 0.15) is 0 Å². The van der Waals surface area contributed by atoms with Crippen molar-refractivity contribution in [1.29, 1.82) is 0 Å². The van der Waals surface area contributed by atoms with Crippen molar-refractivity contribution in [3.63, 3.8) is 0 Å². The second-order valence-corrected chi connectivity index (χ2v) is 16.7. The Morgan fingerprint density at radius 1 is 0.574 bits per heavy atom. The molecule has 6 nitrogen and oxygen atoms in total. The minimum atomic E-state index is -0.525. The zero-order valence-electron chi connectivity index (χ0n) is 32.1. The lowest BCUT2D eigenvalue weighted by atomic mass is 9.49. The molecule has 4 aromatic carbocycles. The summed E-state index contributed by atoms with van der Waals surface area (Å²) in [5, 5.41) is 2.43. The lowest BCUT2D eigenvalue weighted by Crippen LogP contribution is -2.46. The number of imide groups is 2. The maximum absolute atomic E-state index is 14.6. The van der Waals surface area contributed by atoms with Gasteiger partial charge in [-0.25, -0.2) is 4.90 Å². The first-order chi connectivity index (χ1) is 25.5. The monoisotopic (exact) mass is 712 g/mol. The van der Waals surface area contributed by atoms with Crippen LogP contribution in [0, 0.1) is 13.8 Å². The maximum atomic E-state index is 14.6. The molecule has 2 bridgehead atoms. The van der Waals surface area contributed by atoms with Crippen molar-refractivity contribution >= 4 is 53.6 Å². The van der Waals surface area contributed by atoms with Crippen molar-refractivity contribution in [2.45, 2.75) is 77.6 Å². The van der Waals surface area contributed by atoms with Crippen molar-refractivity contribution in [3.8, 4) is 11.1 Å². The lowest BCUT2D eigenvalue weighted by molar-refractivity contribution is 0.0874. The quantitative estimate of drug-likeness (QED) is 0.202. The summed E-state index contributed by atoms with van der Waals surface area (Å²) in [4.78, 5) is 56.0. The van der Waals surface area contributed by atoms with Crippen LogP contribution < -0.4 is 10.2 Å². The zero-order valence-corrected chi connectivity index (χ0v) is 32.1. The first-order valence-electron chi connectivity index (χ1n) is 18.4. The molecule has 3 aliphatic carbocycles. The molecule has 4 amide bonds. The number of hydrogen-bond donors (Lipinski definition) is 1. The molecule has 0 aromatic heterocycles. The Labute approximate surface area is 317 Å². The molecule has 0 spiro atoms. The van der Waals surface area contributed by atoms with E-state index in [0.29, 0.717) is 33.5 Å². The van der Waals surface area contributed by atoms with Gasteiger partial charge in [-0.05, 0) is 129 Å². The Hall–Kier alpha value is -5.88. The zero-order chi connectivity index (χ0) is 39.0. The van der Waals surface area contributed by atoms with E-state index in [4.69, 9.17) is 0 Å². The standard InChI is InChI=1S/C48H44N2O4/c1-12-26-28(14-3)40(46(7,8)9)24(5)18-30(26)31-19-25(6)41(29(15-4)27(31)13-2)50-44(53)34-22-38-39(23-35(34)45(50)54)48(11)17-16-47(38,10)36-20-32-33(21-37(36)48)43(52)49-42(32)51/h12-15,18-23H,1-4,16-17H2,5-11H3,(H,49,51,52). The molecule has 2 aliphatic heterocycles. The molecular weight excluding hydrogens is 669 g/mol. The molecule has 9 rings (SSSR count). The first kappa shape index (κ1) is 35.2. The average Bonchev–Trinajstić information content (AvgIpc) is 3.55. The van der Waals surface area contributed by atoms with Crippen molar-refractivity contribution < 1.29 is 19.2 Å². The predicted octanol–water partition coefficient (Wildman–Crippen LogP) is 10.2. The Morgan fingerprint density at radius 3 is 1.37 bits per heavy atom. The van der Waals surface area contributed by atoms with Gasteiger partial charge in [0.05, 0.1) is 27.9 Å². The largest absolute Gasteiger partial charge is 0.288 e. The van der Waals surface area contributed by atoms with E-state index in [2.05, 4.69) is 79.2 Å². The third-order valence-corrected chi connectivity index (χ3v) is 12.7. The molecule has 54 heavy (non-hydrogen) atoms. The summed E-state index contributed by atoms with van der Waals surface area (Å²) < 4.78 is 0. The highest BCUT2D eigenvalue weighted by molar-refractivity contribution is 6.35. The summed E-state index contributed by atoms with van der Waals surface area (Å²) >= 11 is 0. The highest BCUT2D eigenvalue weighted by atomic mass is 16.2. The van der Waals surface area contributed by atoms with Crippen LogP contribution in [0.2, 0.25) is 0 Å². The summed E-state index contributed by atoms with van der Waals surface area (Å²) in [6.07, 6.45) is 8.81. The summed E-state index contributed by atoms with van der Waals surface area (Å²) in [5.74, 6) is -1.58. The van der Waals surface area contributed by atoms with Crippen LogP contribution in [0.25, 0.3) is 35.4 Å². The number of anilines is 1.